The molecule has 1 aliphatic rings. The van der Waals surface area contributed by atoms with E-state index in [-0.39, 0.29) is 24.4 Å². The van der Waals surface area contributed by atoms with Gasteiger partial charge in [0.05, 0.1) is 25.1 Å². The van der Waals surface area contributed by atoms with Crippen LogP contribution in [0.1, 0.15) is 38.5 Å². The molecule has 0 heterocycles. The van der Waals surface area contributed by atoms with Crippen LogP contribution < -0.4 is 10.1 Å². The summed E-state index contributed by atoms with van der Waals surface area (Å²) in [4.78, 5) is 59.0. The highest BCUT2D eigenvalue weighted by atomic mass is 16.6. The first-order chi connectivity index (χ1) is 13.9. The minimum atomic E-state index is -1.02. The number of amides is 1. The summed E-state index contributed by atoms with van der Waals surface area (Å²) in [5.41, 5.74) is 0.421. The average molecular weight is 401 g/mol. The number of esters is 2. The maximum Gasteiger partial charge on any atom is 0.338 e. The van der Waals surface area contributed by atoms with Crippen LogP contribution in [0.4, 0.5) is 5.69 Å². The number of Topliss-reactive ketones (excluding diaryl/α,β-unsaturated/α-hetero) is 2. The van der Waals surface area contributed by atoms with E-state index in [1.807, 2.05) is 0 Å². The van der Waals surface area contributed by atoms with E-state index in [0.717, 1.165) is 25.0 Å². The lowest BCUT2D eigenvalue weighted by molar-refractivity contribution is -0.157. The molecular formula is C21H23NO7. The van der Waals surface area contributed by atoms with Crippen molar-refractivity contribution in [3.05, 3.63) is 36.4 Å². The summed E-state index contributed by atoms with van der Waals surface area (Å²) in [6, 6.07) is 6.73. The van der Waals surface area contributed by atoms with E-state index in [0.29, 0.717) is 24.3 Å². The van der Waals surface area contributed by atoms with Crippen LogP contribution in [0.5, 0.6) is 5.75 Å². The Balaban J connectivity index is 1.76. The van der Waals surface area contributed by atoms with E-state index in [9.17, 15) is 24.0 Å². The molecule has 0 bridgehead atoms. The molecule has 1 saturated carbocycles. The van der Waals surface area contributed by atoms with Crippen LogP contribution in [-0.4, -0.2) is 36.5 Å². The fourth-order valence-electron chi connectivity index (χ4n) is 2.99. The van der Waals surface area contributed by atoms with Gasteiger partial charge < -0.3 is 14.8 Å². The Morgan fingerprint density at radius 3 is 2.59 bits per heavy atom. The van der Waals surface area contributed by atoms with Crippen molar-refractivity contribution in [1.82, 2.24) is 0 Å². The third-order valence-electron chi connectivity index (χ3n) is 4.47. The lowest BCUT2D eigenvalue weighted by Gasteiger charge is -2.18. The Labute approximate surface area is 168 Å². The number of ether oxygens (including phenoxy) is 2. The van der Waals surface area contributed by atoms with Crippen molar-refractivity contribution >= 4 is 35.1 Å². The topological polar surface area (TPSA) is 116 Å². The number of nitrogens with one attached hydrogen (secondary N) is 1. The van der Waals surface area contributed by atoms with Gasteiger partial charge in [0.2, 0.25) is 5.91 Å². The van der Waals surface area contributed by atoms with Gasteiger partial charge >= 0.3 is 11.9 Å². The van der Waals surface area contributed by atoms with Crippen LogP contribution >= 0.6 is 0 Å². The van der Waals surface area contributed by atoms with E-state index in [4.69, 9.17) is 4.74 Å². The first kappa shape index (κ1) is 22.0. The van der Waals surface area contributed by atoms with E-state index in [2.05, 4.69) is 10.1 Å². The number of methoxy groups -OCH3 is 1. The quantitative estimate of drug-likeness (QED) is 0.404. The van der Waals surface area contributed by atoms with Crippen molar-refractivity contribution in [1.29, 1.82) is 0 Å². The Morgan fingerprint density at radius 2 is 1.86 bits per heavy atom. The van der Waals surface area contributed by atoms with Crippen molar-refractivity contribution < 1.29 is 33.4 Å². The number of carbonyl (C=O) groups excluding carboxylic acids is 5. The van der Waals surface area contributed by atoms with Crippen LogP contribution in [0, 0.1) is 5.92 Å². The summed E-state index contributed by atoms with van der Waals surface area (Å²) in [6.45, 7) is 0. The molecule has 0 aromatic heterocycles. The predicted molar refractivity (Wildman–Crippen MR) is 103 cm³/mol. The second kappa shape index (κ2) is 10.9. The van der Waals surface area contributed by atoms with Gasteiger partial charge in [0.15, 0.2) is 0 Å². The molecule has 0 radical (unpaired) electrons. The van der Waals surface area contributed by atoms with E-state index < -0.39 is 23.8 Å². The molecule has 1 N–H and O–H groups in total. The summed E-state index contributed by atoms with van der Waals surface area (Å²) in [5.74, 6) is -3.10. The lowest BCUT2D eigenvalue weighted by atomic mass is 9.84. The number of hydrogen-bond donors (Lipinski definition) is 1. The van der Waals surface area contributed by atoms with Crippen LogP contribution in [-0.2, 0) is 28.7 Å². The van der Waals surface area contributed by atoms with Gasteiger partial charge in [-0.25, -0.2) is 4.79 Å². The molecule has 1 aromatic rings. The number of hydrogen-bond acceptors (Lipinski definition) is 7. The molecule has 0 spiro atoms. The van der Waals surface area contributed by atoms with Crippen molar-refractivity contribution in [2.75, 3.05) is 12.4 Å². The molecule has 29 heavy (non-hydrogen) atoms. The normalized spacial score (nSPS) is 16.3. The fraction of sp³-hybridized carbons (Fsp3) is 0.381. The SMILES string of the molecule is COc1ccccc1NC(=O)/C=C\C(=O)OC(=O)CCC(=O)C1CCCCC1=O. The number of ketones is 2. The maximum atomic E-state index is 12.0. The number of rotatable bonds is 8. The molecule has 0 saturated heterocycles. The van der Waals surface area contributed by atoms with Crippen LogP contribution in [0.25, 0.3) is 0 Å². The first-order valence-corrected chi connectivity index (χ1v) is 9.33. The lowest BCUT2D eigenvalue weighted by Crippen LogP contribution is -2.27. The average Bonchev–Trinajstić information content (AvgIpc) is 2.71. The highest BCUT2D eigenvalue weighted by Gasteiger charge is 2.28. The van der Waals surface area contributed by atoms with Crippen LogP contribution in [0.15, 0.2) is 36.4 Å². The molecule has 8 heteroatoms. The van der Waals surface area contributed by atoms with Gasteiger partial charge in [0.1, 0.15) is 17.3 Å². The molecule has 1 atom stereocenters. The van der Waals surface area contributed by atoms with Gasteiger partial charge in [-0.05, 0) is 25.0 Å². The number of anilines is 1. The summed E-state index contributed by atoms with van der Waals surface area (Å²) >= 11 is 0. The van der Waals surface area contributed by atoms with Gasteiger partial charge in [-0.2, -0.15) is 0 Å². The largest absolute Gasteiger partial charge is 0.495 e. The van der Waals surface area contributed by atoms with Crippen LogP contribution in [0.2, 0.25) is 0 Å². The zero-order valence-corrected chi connectivity index (χ0v) is 16.1. The van der Waals surface area contributed by atoms with Crippen molar-refractivity contribution in [3.63, 3.8) is 0 Å². The summed E-state index contributed by atoms with van der Waals surface area (Å²) in [7, 11) is 1.46. The monoisotopic (exact) mass is 401 g/mol. The molecule has 1 amide bonds. The smallest absolute Gasteiger partial charge is 0.338 e. The zero-order chi connectivity index (χ0) is 21.2. The summed E-state index contributed by atoms with van der Waals surface area (Å²) in [6.07, 6.45) is 3.79. The maximum absolute atomic E-state index is 12.0. The molecule has 154 valence electrons. The third kappa shape index (κ3) is 6.99. The first-order valence-electron chi connectivity index (χ1n) is 9.33. The molecule has 1 unspecified atom stereocenters. The highest BCUT2D eigenvalue weighted by Crippen LogP contribution is 2.23. The van der Waals surface area contributed by atoms with Crippen molar-refractivity contribution in [2.45, 2.75) is 38.5 Å². The number of para-hydroxylation sites is 2. The second-order valence-corrected chi connectivity index (χ2v) is 6.55. The fourth-order valence-corrected chi connectivity index (χ4v) is 2.99. The zero-order valence-electron chi connectivity index (χ0n) is 16.1. The third-order valence-corrected chi connectivity index (χ3v) is 4.47. The minimum absolute atomic E-state index is 0.0883. The molecule has 0 aliphatic heterocycles. The van der Waals surface area contributed by atoms with Gasteiger partial charge in [-0.3, -0.25) is 19.2 Å². The van der Waals surface area contributed by atoms with Gasteiger partial charge in [0, 0.05) is 25.0 Å². The number of carbonyl (C=O) groups is 5. The Kier molecular flexibility index (Phi) is 8.27. The van der Waals surface area contributed by atoms with Crippen LogP contribution in [0.3, 0.4) is 0 Å². The number of benzene rings is 1. The molecule has 1 aromatic carbocycles. The molecular weight excluding hydrogens is 378 g/mol. The van der Waals surface area contributed by atoms with Crippen molar-refractivity contribution in [3.8, 4) is 5.75 Å². The summed E-state index contributed by atoms with van der Waals surface area (Å²) < 4.78 is 9.65. The second-order valence-electron chi connectivity index (χ2n) is 6.55. The Bertz CT molecular complexity index is 828. The predicted octanol–water partition coefficient (Wildman–Crippen LogP) is 2.37. The summed E-state index contributed by atoms with van der Waals surface area (Å²) in [5, 5.41) is 2.53. The van der Waals surface area contributed by atoms with E-state index in [1.165, 1.54) is 7.11 Å². The van der Waals surface area contributed by atoms with Crippen molar-refractivity contribution in [2.24, 2.45) is 5.92 Å². The molecule has 2 rings (SSSR count). The molecule has 8 nitrogen and oxygen atoms in total. The van der Waals surface area contributed by atoms with Gasteiger partial charge in [-0.1, -0.05) is 18.6 Å². The Hall–Kier alpha value is -3.29. The van der Waals surface area contributed by atoms with E-state index >= 15 is 0 Å². The standard InChI is InChI=1S/C21H23NO7/c1-28-18-9-5-3-7-15(18)22-19(25)11-13-21(27)29-20(26)12-10-17(24)14-6-2-4-8-16(14)23/h3,5,7,9,11,13-14H,2,4,6,8,10,12H2,1H3,(H,22,25)/b13-11-. The highest BCUT2D eigenvalue weighted by molar-refractivity contribution is 6.05. The van der Waals surface area contributed by atoms with Gasteiger partial charge in [0.25, 0.3) is 0 Å². The minimum Gasteiger partial charge on any atom is -0.495 e. The Morgan fingerprint density at radius 1 is 1.10 bits per heavy atom. The molecule has 1 aliphatic carbocycles. The van der Waals surface area contributed by atoms with E-state index in [1.54, 1.807) is 24.3 Å². The van der Waals surface area contributed by atoms with Gasteiger partial charge in [-0.15, -0.1) is 0 Å². The molecule has 1 fully saturated rings.